The van der Waals surface area contributed by atoms with E-state index in [2.05, 4.69) is 20.1 Å². The van der Waals surface area contributed by atoms with E-state index >= 15 is 0 Å². The molecule has 0 amide bonds. The Bertz CT molecular complexity index is 380. The molecule has 0 bridgehead atoms. The predicted octanol–water partition coefficient (Wildman–Crippen LogP) is 4.03. The normalized spacial score (nSPS) is 9.62. The van der Waals surface area contributed by atoms with Crippen LogP contribution in [0.1, 0.15) is 25.3 Å². The molecule has 86 valence electrons. The second-order valence-electron chi connectivity index (χ2n) is 3.51. The van der Waals surface area contributed by atoms with Gasteiger partial charge in [-0.1, -0.05) is 32.2 Å². The molecule has 0 radical (unpaired) electrons. The Hall–Kier alpha value is -1.70. The van der Waals surface area contributed by atoms with Gasteiger partial charge in [0.15, 0.2) is 11.5 Å². The number of hydrogen-bond acceptors (Lipinski definition) is 2. The van der Waals surface area contributed by atoms with Gasteiger partial charge in [-0.15, -0.1) is 0 Å². The zero-order valence-corrected chi connectivity index (χ0v) is 9.95. The third-order valence-corrected chi connectivity index (χ3v) is 2.21. The van der Waals surface area contributed by atoms with E-state index in [0.717, 1.165) is 24.2 Å². The van der Waals surface area contributed by atoms with Crippen LogP contribution in [-0.2, 0) is 0 Å². The molecule has 1 rings (SSSR count). The van der Waals surface area contributed by atoms with Gasteiger partial charge in [-0.2, -0.15) is 0 Å². The maximum Gasteiger partial charge on any atom is 0.169 e. The van der Waals surface area contributed by atoms with Crippen molar-refractivity contribution >= 4 is 6.08 Å². The minimum atomic E-state index is 0.693. The van der Waals surface area contributed by atoms with Crippen LogP contribution >= 0.6 is 0 Å². The Labute approximate surface area is 97.2 Å². The highest BCUT2D eigenvalue weighted by molar-refractivity contribution is 5.54. The summed E-state index contributed by atoms with van der Waals surface area (Å²) >= 11 is 0. The first kappa shape index (κ1) is 12.4. The maximum absolute atomic E-state index is 5.65. The highest BCUT2D eigenvalue weighted by atomic mass is 16.5. The van der Waals surface area contributed by atoms with Crippen LogP contribution in [0, 0.1) is 0 Å². The van der Waals surface area contributed by atoms with Crippen molar-refractivity contribution < 1.29 is 9.47 Å². The fourth-order valence-corrected chi connectivity index (χ4v) is 1.39. The lowest BCUT2D eigenvalue weighted by atomic mass is 10.2. The number of hydrogen-bond donors (Lipinski definition) is 0. The summed E-state index contributed by atoms with van der Waals surface area (Å²) in [6.45, 7) is 9.68. The minimum absolute atomic E-state index is 0.693. The molecule has 0 aliphatic heterocycles. The van der Waals surface area contributed by atoms with Crippen LogP contribution < -0.4 is 9.47 Å². The van der Waals surface area contributed by atoms with Crippen molar-refractivity contribution in [2.45, 2.75) is 19.8 Å². The van der Waals surface area contributed by atoms with Crippen LogP contribution in [0.5, 0.6) is 11.5 Å². The molecule has 0 spiro atoms. The monoisotopic (exact) mass is 218 g/mol. The van der Waals surface area contributed by atoms with Crippen molar-refractivity contribution in [1.29, 1.82) is 0 Å². The van der Waals surface area contributed by atoms with Gasteiger partial charge in [0, 0.05) is 6.42 Å². The molecule has 0 fully saturated rings. The summed E-state index contributed by atoms with van der Waals surface area (Å²) in [6, 6.07) is 5.69. The summed E-state index contributed by atoms with van der Waals surface area (Å²) in [7, 11) is 1.62. The third-order valence-electron chi connectivity index (χ3n) is 2.21. The Morgan fingerprint density at radius 1 is 1.38 bits per heavy atom. The smallest absolute Gasteiger partial charge is 0.169 e. The van der Waals surface area contributed by atoms with E-state index in [1.165, 1.54) is 0 Å². The van der Waals surface area contributed by atoms with E-state index in [0.29, 0.717) is 11.5 Å². The van der Waals surface area contributed by atoms with Gasteiger partial charge >= 0.3 is 0 Å². The van der Waals surface area contributed by atoms with Gasteiger partial charge < -0.3 is 9.47 Å². The van der Waals surface area contributed by atoms with E-state index in [4.69, 9.17) is 9.47 Å². The van der Waals surface area contributed by atoms with Gasteiger partial charge in [0.2, 0.25) is 0 Å². The van der Waals surface area contributed by atoms with Crippen LogP contribution in [0.4, 0.5) is 0 Å². The number of methoxy groups -OCH3 is 1. The molecule has 0 aliphatic rings. The highest BCUT2D eigenvalue weighted by Crippen LogP contribution is 2.30. The molecule has 0 N–H and O–H groups in total. The molecule has 0 atom stereocenters. The molecular formula is C14H18O2. The number of rotatable bonds is 6. The topological polar surface area (TPSA) is 18.5 Å². The van der Waals surface area contributed by atoms with Gasteiger partial charge in [-0.05, 0) is 24.1 Å². The lowest BCUT2D eigenvalue weighted by Crippen LogP contribution is -1.96. The van der Waals surface area contributed by atoms with Gasteiger partial charge in [-0.3, -0.25) is 0 Å². The summed E-state index contributed by atoms with van der Waals surface area (Å²) in [5.41, 5.74) is 1.00. The summed E-state index contributed by atoms with van der Waals surface area (Å²) in [5.74, 6) is 2.16. The molecule has 0 saturated carbocycles. The SMILES string of the molecule is C=Cc1ccc(OC)c(OC(=C)CCC)c1. The van der Waals surface area contributed by atoms with E-state index in [1.54, 1.807) is 13.2 Å². The van der Waals surface area contributed by atoms with Gasteiger partial charge in [-0.25, -0.2) is 0 Å². The van der Waals surface area contributed by atoms with E-state index in [9.17, 15) is 0 Å². The van der Waals surface area contributed by atoms with Gasteiger partial charge in [0.25, 0.3) is 0 Å². The number of benzene rings is 1. The Balaban J connectivity index is 2.90. The Morgan fingerprint density at radius 2 is 2.12 bits per heavy atom. The van der Waals surface area contributed by atoms with Crippen molar-refractivity contribution in [3.63, 3.8) is 0 Å². The molecule has 16 heavy (non-hydrogen) atoms. The van der Waals surface area contributed by atoms with Crippen molar-refractivity contribution in [1.82, 2.24) is 0 Å². The summed E-state index contributed by atoms with van der Waals surface area (Å²) in [4.78, 5) is 0. The van der Waals surface area contributed by atoms with Crippen LogP contribution in [-0.4, -0.2) is 7.11 Å². The standard InChI is InChI=1S/C14H18O2/c1-5-7-11(3)16-14-10-12(6-2)8-9-13(14)15-4/h6,8-10H,2-3,5,7H2,1,4H3. The summed E-state index contributed by atoms with van der Waals surface area (Å²) in [6.07, 6.45) is 3.64. The van der Waals surface area contributed by atoms with Crippen LogP contribution in [0.15, 0.2) is 37.1 Å². The van der Waals surface area contributed by atoms with E-state index in [1.807, 2.05) is 18.2 Å². The van der Waals surface area contributed by atoms with Crippen molar-refractivity contribution in [2.75, 3.05) is 7.11 Å². The fraction of sp³-hybridized carbons (Fsp3) is 0.286. The lowest BCUT2D eigenvalue weighted by molar-refractivity contribution is 0.352. The van der Waals surface area contributed by atoms with Crippen molar-refractivity contribution in [3.8, 4) is 11.5 Å². The lowest BCUT2D eigenvalue weighted by Gasteiger charge is -2.12. The highest BCUT2D eigenvalue weighted by Gasteiger charge is 2.06. The number of allylic oxidation sites excluding steroid dienone is 1. The predicted molar refractivity (Wildman–Crippen MR) is 67.8 cm³/mol. The molecule has 0 unspecified atom stereocenters. The van der Waals surface area contributed by atoms with Crippen molar-refractivity contribution in [3.05, 3.63) is 42.7 Å². The molecule has 1 aromatic rings. The fourth-order valence-electron chi connectivity index (χ4n) is 1.39. The van der Waals surface area contributed by atoms with Crippen molar-refractivity contribution in [2.24, 2.45) is 0 Å². The Morgan fingerprint density at radius 3 is 2.69 bits per heavy atom. The first-order valence-electron chi connectivity index (χ1n) is 5.37. The molecule has 0 heterocycles. The second-order valence-corrected chi connectivity index (χ2v) is 3.51. The molecule has 0 aromatic heterocycles. The van der Waals surface area contributed by atoms with E-state index < -0.39 is 0 Å². The summed E-state index contributed by atoms with van der Waals surface area (Å²) < 4.78 is 10.9. The zero-order chi connectivity index (χ0) is 12.0. The zero-order valence-electron chi connectivity index (χ0n) is 9.95. The van der Waals surface area contributed by atoms with Crippen LogP contribution in [0.25, 0.3) is 6.08 Å². The van der Waals surface area contributed by atoms with Gasteiger partial charge in [0.05, 0.1) is 12.9 Å². The first-order valence-corrected chi connectivity index (χ1v) is 5.37. The second kappa shape index (κ2) is 6.01. The van der Waals surface area contributed by atoms with E-state index in [-0.39, 0.29) is 0 Å². The van der Waals surface area contributed by atoms with Crippen LogP contribution in [0.2, 0.25) is 0 Å². The average molecular weight is 218 g/mol. The average Bonchev–Trinajstić information content (AvgIpc) is 2.29. The molecule has 1 aromatic carbocycles. The van der Waals surface area contributed by atoms with Gasteiger partial charge in [0.1, 0.15) is 0 Å². The Kier molecular flexibility index (Phi) is 4.65. The molecule has 2 heteroatoms. The molecule has 2 nitrogen and oxygen atoms in total. The largest absolute Gasteiger partial charge is 0.493 e. The molecular weight excluding hydrogens is 200 g/mol. The molecule has 0 aliphatic carbocycles. The first-order chi connectivity index (χ1) is 7.71. The summed E-state index contributed by atoms with van der Waals surface area (Å²) in [5, 5.41) is 0. The van der Waals surface area contributed by atoms with Crippen LogP contribution in [0.3, 0.4) is 0 Å². The third kappa shape index (κ3) is 3.16. The number of ether oxygens (including phenoxy) is 2. The molecule has 0 saturated heterocycles. The maximum atomic E-state index is 5.65. The quantitative estimate of drug-likeness (QED) is 0.671. The minimum Gasteiger partial charge on any atom is -0.493 e.